The maximum absolute atomic E-state index is 12.3. The van der Waals surface area contributed by atoms with Crippen LogP contribution >= 0.6 is 0 Å². The number of aryl methyl sites for hydroxylation is 2. The first kappa shape index (κ1) is 18.0. The molecular weight excluding hydrogens is 306 g/mol. The molecule has 1 unspecified atom stereocenters. The summed E-state index contributed by atoms with van der Waals surface area (Å²) in [5, 5.41) is 14.9. The highest BCUT2D eigenvalue weighted by Crippen LogP contribution is 2.25. The number of anilines is 1. The molecule has 0 aliphatic rings. The number of aliphatic hydroxyl groups is 1. The van der Waals surface area contributed by atoms with Gasteiger partial charge in [0.25, 0.3) is 0 Å². The smallest absolute Gasteiger partial charge is 0.319 e. The average Bonchev–Trinajstić information content (AvgIpc) is 2.95. The third-order valence-electron chi connectivity index (χ3n) is 3.91. The monoisotopic (exact) mass is 331 g/mol. The van der Waals surface area contributed by atoms with Gasteiger partial charge in [-0.3, -0.25) is 0 Å². The van der Waals surface area contributed by atoms with Crippen molar-refractivity contribution < 1.29 is 14.3 Å². The molecule has 2 amide bonds. The SMILES string of the molecule is Cc1coc(-c2ccc(C)c(NC(=O)NC(CCO)C(C)C)c2)n1. The molecule has 0 saturated heterocycles. The van der Waals surface area contributed by atoms with E-state index in [1.165, 1.54) is 0 Å². The van der Waals surface area contributed by atoms with Crippen LogP contribution in [0.3, 0.4) is 0 Å². The minimum Gasteiger partial charge on any atom is -0.444 e. The number of rotatable bonds is 6. The maximum Gasteiger partial charge on any atom is 0.319 e. The Morgan fingerprint density at radius 2 is 2.08 bits per heavy atom. The molecule has 3 N–H and O–H groups in total. The van der Waals surface area contributed by atoms with E-state index in [-0.39, 0.29) is 24.6 Å². The number of hydrogen-bond acceptors (Lipinski definition) is 4. The van der Waals surface area contributed by atoms with Gasteiger partial charge in [-0.25, -0.2) is 9.78 Å². The number of carbonyl (C=O) groups excluding carboxylic acids is 1. The van der Waals surface area contributed by atoms with Crippen LogP contribution in [0.5, 0.6) is 0 Å². The van der Waals surface area contributed by atoms with Crippen LogP contribution in [0.25, 0.3) is 11.5 Å². The van der Waals surface area contributed by atoms with Gasteiger partial charge >= 0.3 is 6.03 Å². The summed E-state index contributed by atoms with van der Waals surface area (Å²) in [5.74, 6) is 0.766. The molecule has 130 valence electrons. The molecule has 0 saturated carbocycles. The lowest BCUT2D eigenvalue weighted by Gasteiger charge is -2.22. The number of benzene rings is 1. The highest BCUT2D eigenvalue weighted by molar-refractivity contribution is 5.91. The van der Waals surface area contributed by atoms with E-state index in [9.17, 15) is 4.79 Å². The van der Waals surface area contributed by atoms with Gasteiger partial charge in [0.05, 0.1) is 5.69 Å². The third-order valence-corrected chi connectivity index (χ3v) is 3.91. The number of oxazole rings is 1. The first-order valence-corrected chi connectivity index (χ1v) is 8.12. The predicted molar refractivity (Wildman–Crippen MR) is 93.9 cm³/mol. The van der Waals surface area contributed by atoms with E-state index in [0.717, 1.165) is 16.8 Å². The number of aliphatic hydroxyl groups excluding tert-OH is 1. The average molecular weight is 331 g/mol. The summed E-state index contributed by atoms with van der Waals surface area (Å²) in [6, 6.07) is 5.31. The minimum absolute atomic E-state index is 0.0428. The summed E-state index contributed by atoms with van der Waals surface area (Å²) in [7, 11) is 0. The van der Waals surface area contributed by atoms with Gasteiger partial charge in [0, 0.05) is 23.9 Å². The van der Waals surface area contributed by atoms with Gasteiger partial charge in [-0.2, -0.15) is 0 Å². The number of hydrogen-bond donors (Lipinski definition) is 3. The second-order valence-corrected chi connectivity index (χ2v) is 6.28. The van der Waals surface area contributed by atoms with Crippen LogP contribution < -0.4 is 10.6 Å². The van der Waals surface area contributed by atoms with Gasteiger partial charge in [0.15, 0.2) is 0 Å². The molecule has 1 atom stereocenters. The lowest BCUT2D eigenvalue weighted by atomic mass is 10.0. The number of aromatic nitrogens is 1. The fourth-order valence-corrected chi connectivity index (χ4v) is 2.41. The molecule has 2 rings (SSSR count). The van der Waals surface area contributed by atoms with Gasteiger partial charge < -0.3 is 20.2 Å². The second kappa shape index (κ2) is 7.97. The topological polar surface area (TPSA) is 87.4 Å². The standard InChI is InChI=1S/C18H25N3O3/c1-11(2)15(7-8-22)20-18(23)21-16-9-14(6-5-12(16)3)17-19-13(4)10-24-17/h5-6,9-11,15,22H,7-8H2,1-4H3,(H2,20,21,23). The highest BCUT2D eigenvalue weighted by Gasteiger charge is 2.16. The van der Waals surface area contributed by atoms with Crippen LogP contribution in [-0.4, -0.2) is 28.8 Å². The fourth-order valence-electron chi connectivity index (χ4n) is 2.41. The number of nitrogens with zero attached hydrogens (tertiary/aromatic N) is 1. The summed E-state index contributed by atoms with van der Waals surface area (Å²) in [6.07, 6.45) is 2.12. The van der Waals surface area contributed by atoms with Crippen LogP contribution in [0, 0.1) is 19.8 Å². The molecular formula is C18H25N3O3. The normalized spacial score (nSPS) is 12.2. The molecule has 0 fully saturated rings. The quantitative estimate of drug-likeness (QED) is 0.756. The molecule has 0 bridgehead atoms. The van der Waals surface area contributed by atoms with Crippen molar-refractivity contribution in [3.05, 3.63) is 35.7 Å². The zero-order valence-corrected chi connectivity index (χ0v) is 14.6. The van der Waals surface area contributed by atoms with Gasteiger partial charge in [-0.1, -0.05) is 19.9 Å². The van der Waals surface area contributed by atoms with Crippen molar-refractivity contribution in [2.24, 2.45) is 5.92 Å². The van der Waals surface area contributed by atoms with E-state index >= 15 is 0 Å². The number of carbonyl (C=O) groups is 1. The van der Waals surface area contributed by atoms with Crippen molar-refractivity contribution in [1.82, 2.24) is 10.3 Å². The summed E-state index contributed by atoms with van der Waals surface area (Å²) >= 11 is 0. The van der Waals surface area contributed by atoms with Gasteiger partial charge in [0.2, 0.25) is 5.89 Å². The van der Waals surface area contributed by atoms with Crippen LogP contribution in [0.15, 0.2) is 28.9 Å². The fraction of sp³-hybridized carbons (Fsp3) is 0.444. The molecule has 2 aromatic rings. The molecule has 6 nitrogen and oxygen atoms in total. The lowest BCUT2D eigenvalue weighted by Crippen LogP contribution is -2.41. The van der Waals surface area contributed by atoms with Gasteiger partial charge in [-0.15, -0.1) is 0 Å². The second-order valence-electron chi connectivity index (χ2n) is 6.28. The predicted octanol–water partition coefficient (Wildman–Crippen LogP) is 3.49. The van der Waals surface area contributed by atoms with Crippen molar-refractivity contribution in [3.8, 4) is 11.5 Å². The summed E-state index contributed by atoms with van der Waals surface area (Å²) < 4.78 is 5.41. The Balaban J connectivity index is 2.12. The molecule has 0 spiro atoms. The van der Waals surface area contributed by atoms with Crippen molar-refractivity contribution in [3.63, 3.8) is 0 Å². The number of nitrogens with one attached hydrogen (secondary N) is 2. The molecule has 6 heteroatoms. The molecule has 0 radical (unpaired) electrons. The summed E-state index contributed by atoms with van der Waals surface area (Å²) in [4.78, 5) is 16.6. The van der Waals surface area contributed by atoms with Crippen LogP contribution in [-0.2, 0) is 0 Å². The Bertz CT molecular complexity index is 695. The van der Waals surface area contributed by atoms with E-state index in [1.54, 1.807) is 6.26 Å². The summed E-state index contributed by atoms with van der Waals surface area (Å²) in [6.45, 7) is 7.85. The molecule has 1 heterocycles. The molecule has 0 aliphatic heterocycles. The lowest BCUT2D eigenvalue weighted by molar-refractivity contribution is 0.227. The van der Waals surface area contributed by atoms with Crippen molar-refractivity contribution in [1.29, 1.82) is 0 Å². The zero-order valence-electron chi connectivity index (χ0n) is 14.6. The largest absolute Gasteiger partial charge is 0.444 e. The van der Waals surface area contributed by atoms with Gasteiger partial charge in [0.1, 0.15) is 6.26 Å². The summed E-state index contributed by atoms with van der Waals surface area (Å²) in [5.41, 5.74) is 3.26. The van der Waals surface area contributed by atoms with Crippen molar-refractivity contribution >= 4 is 11.7 Å². The molecule has 0 aliphatic carbocycles. The first-order chi connectivity index (χ1) is 11.4. The number of amides is 2. The Labute approximate surface area is 142 Å². The Morgan fingerprint density at radius 3 is 2.67 bits per heavy atom. The number of urea groups is 1. The van der Waals surface area contributed by atoms with Crippen LogP contribution in [0.1, 0.15) is 31.5 Å². The molecule has 1 aromatic carbocycles. The Kier molecular flexibility index (Phi) is 5.98. The van der Waals surface area contributed by atoms with E-state index in [0.29, 0.717) is 18.0 Å². The van der Waals surface area contributed by atoms with E-state index in [1.807, 2.05) is 45.9 Å². The highest BCUT2D eigenvalue weighted by atomic mass is 16.3. The van der Waals surface area contributed by atoms with E-state index in [2.05, 4.69) is 15.6 Å². The minimum atomic E-state index is -0.286. The third kappa shape index (κ3) is 4.58. The van der Waals surface area contributed by atoms with E-state index in [4.69, 9.17) is 9.52 Å². The molecule has 24 heavy (non-hydrogen) atoms. The zero-order chi connectivity index (χ0) is 17.7. The van der Waals surface area contributed by atoms with Gasteiger partial charge in [-0.05, 0) is 43.9 Å². The molecule has 1 aromatic heterocycles. The Morgan fingerprint density at radius 1 is 1.33 bits per heavy atom. The first-order valence-electron chi connectivity index (χ1n) is 8.12. The van der Waals surface area contributed by atoms with Crippen LogP contribution in [0.4, 0.5) is 10.5 Å². The Hall–Kier alpha value is -2.34. The van der Waals surface area contributed by atoms with Crippen molar-refractivity contribution in [2.45, 2.75) is 40.2 Å². The maximum atomic E-state index is 12.3. The van der Waals surface area contributed by atoms with Crippen molar-refractivity contribution in [2.75, 3.05) is 11.9 Å². The van der Waals surface area contributed by atoms with E-state index < -0.39 is 0 Å². The van der Waals surface area contributed by atoms with Crippen LogP contribution in [0.2, 0.25) is 0 Å².